The van der Waals surface area contributed by atoms with E-state index in [2.05, 4.69) is 15.6 Å². The number of hydrogen-bond acceptors (Lipinski definition) is 5. The quantitative estimate of drug-likeness (QED) is 0.564. The molecule has 2 N–H and O–H groups in total. The fraction of sp³-hybridized carbons (Fsp3) is 0.588. The van der Waals surface area contributed by atoms with E-state index in [4.69, 9.17) is 9.47 Å². The molecule has 1 fully saturated rings. The molecule has 8 heteroatoms. The van der Waals surface area contributed by atoms with Crippen molar-refractivity contribution in [1.29, 1.82) is 0 Å². The Morgan fingerprint density at radius 3 is 2.72 bits per heavy atom. The molecule has 1 heterocycles. The number of guanidine groups is 1. The summed E-state index contributed by atoms with van der Waals surface area (Å²) in [5.74, 6) is 2.55. The van der Waals surface area contributed by atoms with Crippen molar-refractivity contribution in [2.75, 3.05) is 43.6 Å². The number of rotatable bonds is 7. The van der Waals surface area contributed by atoms with Crippen molar-refractivity contribution < 1.29 is 17.9 Å². The van der Waals surface area contributed by atoms with Crippen molar-refractivity contribution in [2.24, 2.45) is 10.9 Å². The number of benzene rings is 1. The molecule has 0 saturated carbocycles. The van der Waals surface area contributed by atoms with Crippen molar-refractivity contribution in [3.05, 3.63) is 18.2 Å². The van der Waals surface area contributed by atoms with Crippen LogP contribution in [0.4, 0.5) is 5.69 Å². The largest absolute Gasteiger partial charge is 0.493 e. The van der Waals surface area contributed by atoms with Crippen LogP contribution in [0.1, 0.15) is 20.3 Å². The first-order chi connectivity index (χ1) is 12.0. The molecule has 0 amide bonds. The number of hydrogen-bond donors (Lipinski definition) is 2. The molecule has 25 heavy (non-hydrogen) atoms. The maximum absolute atomic E-state index is 11.6. The summed E-state index contributed by atoms with van der Waals surface area (Å²) in [5, 5.41) is 6.40. The predicted octanol–water partition coefficient (Wildman–Crippen LogP) is 1.91. The van der Waals surface area contributed by atoms with Gasteiger partial charge in [0.1, 0.15) is 0 Å². The normalized spacial score (nSPS) is 19.5. The van der Waals surface area contributed by atoms with E-state index >= 15 is 0 Å². The van der Waals surface area contributed by atoms with Gasteiger partial charge in [0.15, 0.2) is 27.3 Å². The molecule has 0 bridgehead atoms. The average molecular weight is 369 g/mol. The molecule has 1 unspecified atom stereocenters. The molecule has 1 aliphatic heterocycles. The third-order valence-electron chi connectivity index (χ3n) is 3.90. The number of nitrogens with zero attached hydrogens (tertiary/aromatic N) is 1. The van der Waals surface area contributed by atoms with Crippen molar-refractivity contribution >= 4 is 21.5 Å². The Hall–Kier alpha value is -1.96. The molecule has 1 aliphatic rings. The van der Waals surface area contributed by atoms with Crippen LogP contribution in [0.2, 0.25) is 0 Å². The fourth-order valence-corrected chi connectivity index (χ4v) is 4.55. The molecule has 0 aromatic heterocycles. The highest BCUT2D eigenvalue weighted by atomic mass is 32.2. The monoisotopic (exact) mass is 369 g/mol. The maximum Gasteiger partial charge on any atom is 0.195 e. The summed E-state index contributed by atoms with van der Waals surface area (Å²) in [6.45, 7) is 5.65. The number of methoxy groups -OCH3 is 1. The summed E-state index contributed by atoms with van der Waals surface area (Å²) in [5.41, 5.74) is 0.822. The Balaban J connectivity index is 2.07. The van der Waals surface area contributed by atoms with Gasteiger partial charge in [-0.2, -0.15) is 0 Å². The summed E-state index contributed by atoms with van der Waals surface area (Å²) >= 11 is 0. The lowest BCUT2D eigenvalue weighted by molar-refractivity contribution is 0.311. The first-order valence-corrected chi connectivity index (χ1v) is 10.4. The van der Waals surface area contributed by atoms with Gasteiger partial charge in [0.05, 0.1) is 25.2 Å². The number of anilines is 1. The van der Waals surface area contributed by atoms with Gasteiger partial charge < -0.3 is 20.1 Å². The Labute approximate surface area is 149 Å². The fourth-order valence-electron chi connectivity index (χ4n) is 2.70. The van der Waals surface area contributed by atoms with Crippen LogP contribution >= 0.6 is 0 Å². The maximum atomic E-state index is 11.6. The lowest BCUT2D eigenvalue weighted by Crippen LogP contribution is -2.31. The van der Waals surface area contributed by atoms with Crippen molar-refractivity contribution in [3.8, 4) is 11.5 Å². The molecular weight excluding hydrogens is 342 g/mol. The molecule has 1 saturated heterocycles. The molecule has 7 nitrogen and oxygen atoms in total. The van der Waals surface area contributed by atoms with E-state index < -0.39 is 9.84 Å². The summed E-state index contributed by atoms with van der Waals surface area (Å²) in [6.07, 6.45) is 0.683. The van der Waals surface area contributed by atoms with Gasteiger partial charge in [0.2, 0.25) is 0 Å². The molecule has 0 radical (unpaired) electrons. The van der Waals surface area contributed by atoms with Gasteiger partial charge >= 0.3 is 0 Å². The third kappa shape index (κ3) is 5.81. The lowest BCUT2D eigenvalue weighted by Gasteiger charge is -2.15. The van der Waals surface area contributed by atoms with Crippen LogP contribution in [0.25, 0.3) is 0 Å². The third-order valence-corrected chi connectivity index (χ3v) is 5.74. The second kappa shape index (κ2) is 8.94. The van der Waals surface area contributed by atoms with Crippen LogP contribution in [0.15, 0.2) is 23.2 Å². The molecule has 2 rings (SSSR count). The minimum absolute atomic E-state index is 0.0929. The van der Waals surface area contributed by atoms with E-state index in [1.165, 1.54) is 0 Å². The summed E-state index contributed by atoms with van der Waals surface area (Å²) in [7, 11) is -1.27. The van der Waals surface area contributed by atoms with Gasteiger partial charge in [0, 0.05) is 24.8 Å². The minimum atomic E-state index is -2.87. The number of ether oxygens (including phenoxy) is 2. The zero-order valence-corrected chi connectivity index (χ0v) is 15.9. The van der Waals surface area contributed by atoms with E-state index in [1.54, 1.807) is 7.11 Å². The first-order valence-electron chi connectivity index (χ1n) is 8.54. The van der Waals surface area contributed by atoms with E-state index in [-0.39, 0.29) is 17.4 Å². The highest BCUT2D eigenvalue weighted by Crippen LogP contribution is 2.30. The van der Waals surface area contributed by atoms with E-state index in [1.807, 2.05) is 32.0 Å². The van der Waals surface area contributed by atoms with Gasteiger partial charge in [0.25, 0.3) is 0 Å². The molecule has 1 atom stereocenters. The predicted molar refractivity (Wildman–Crippen MR) is 101 cm³/mol. The standard InChI is InChI=1S/C17H27N3O4S/c1-4-18-17(19-11-13-8-9-25(21,22)12-13)20-14-6-7-15(23-3)16(10-14)24-5-2/h6-7,10,13H,4-5,8-9,11-12H2,1-3H3,(H2,18,19,20). The second-order valence-electron chi connectivity index (χ2n) is 5.91. The van der Waals surface area contributed by atoms with Gasteiger partial charge in [-0.15, -0.1) is 0 Å². The summed E-state index contributed by atoms with van der Waals surface area (Å²) < 4.78 is 34.0. The van der Waals surface area contributed by atoms with E-state index in [0.29, 0.717) is 43.6 Å². The highest BCUT2D eigenvalue weighted by molar-refractivity contribution is 7.91. The topological polar surface area (TPSA) is 89.0 Å². The van der Waals surface area contributed by atoms with Crippen molar-refractivity contribution in [1.82, 2.24) is 5.32 Å². The van der Waals surface area contributed by atoms with Crippen LogP contribution in [-0.2, 0) is 9.84 Å². The number of sulfone groups is 1. The van der Waals surface area contributed by atoms with Crippen LogP contribution in [-0.4, -0.2) is 52.7 Å². The Bertz CT molecular complexity index is 704. The molecule has 1 aromatic rings. The van der Waals surface area contributed by atoms with Crippen molar-refractivity contribution in [2.45, 2.75) is 20.3 Å². The molecule has 140 valence electrons. The second-order valence-corrected chi connectivity index (χ2v) is 8.14. The summed E-state index contributed by atoms with van der Waals surface area (Å²) in [4.78, 5) is 4.53. The van der Waals surface area contributed by atoms with Crippen LogP contribution < -0.4 is 20.1 Å². The molecule has 0 aliphatic carbocycles. The lowest BCUT2D eigenvalue weighted by atomic mass is 10.1. The first kappa shape index (κ1) is 19.4. The van der Waals surface area contributed by atoms with Crippen LogP contribution in [0, 0.1) is 5.92 Å². The van der Waals surface area contributed by atoms with Crippen molar-refractivity contribution in [3.63, 3.8) is 0 Å². The Morgan fingerprint density at radius 1 is 1.32 bits per heavy atom. The highest BCUT2D eigenvalue weighted by Gasteiger charge is 2.27. The smallest absolute Gasteiger partial charge is 0.195 e. The SMILES string of the molecule is CCNC(=NCC1CCS(=O)(=O)C1)Nc1ccc(OC)c(OCC)c1. The summed E-state index contributed by atoms with van der Waals surface area (Å²) in [6, 6.07) is 5.57. The number of aliphatic imine (C=N–C) groups is 1. The minimum Gasteiger partial charge on any atom is -0.493 e. The molecule has 0 spiro atoms. The molecular formula is C17H27N3O4S. The zero-order chi connectivity index (χ0) is 18.3. The van der Waals surface area contributed by atoms with Crippen LogP contribution in [0.5, 0.6) is 11.5 Å². The van der Waals surface area contributed by atoms with E-state index in [0.717, 1.165) is 5.69 Å². The van der Waals surface area contributed by atoms with Gasteiger partial charge in [-0.25, -0.2) is 8.42 Å². The zero-order valence-electron chi connectivity index (χ0n) is 15.0. The van der Waals surface area contributed by atoms with Gasteiger partial charge in [-0.05, 0) is 38.3 Å². The van der Waals surface area contributed by atoms with Gasteiger partial charge in [-0.3, -0.25) is 4.99 Å². The van der Waals surface area contributed by atoms with Gasteiger partial charge in [-0.1, -0.05) is 0 Å². The van der Waals surface area contributed by atoms with Crippen LogP contribution in [0.3, 0.4) is 0 Å². The number of nitrogens with one attached hydrogen (secondary N) is 2. The Kier molecular flexibility index (Phi) is 6.92. The Morgan fingerprint density at radius 2 is 2.12 bits per heavy atom. The van der Waals surface area contributed by atoms with E-state index in [9.17, 15) is 8.42 Å². The molecule has 1 aromatic carbocycles. The average Bonchev–Trinajstić information content (AvgIpc) is 2.92.